The molecule has 0 spiro atoms. The van der Waals surface area contributed by atoms with E-state index in [0.29, 0.717) is 10.1 Å². The van der Waals surface area contributed by atoms with Crippen molar-refractivity contribution in [1.29, 1.82) is 0 Å². The van der Waals surface area contributed by atoms with Crippen molar-refractivity contribution in [3.63, 3.8) is 0 Å². The van der Waals surface area contributed by atoms with Gasteiger partial charge in [0.1, 0.15) is 17.6 Å². The minimum Gasteiger partial charge on any atom is -0.497 e. The third-order valence-electron chi connectivity index (χ3n) is 5.49. The van der Waals surface area contributed by atoms with E-state index in [4.69, 9.17) is 28.6 Å². The van der Waals surface area contributed by atoms with Crippen molar-refractivity contribution in [2.45, 2.75) is 12.1 Å². The highest BCUT2D eigenvalue weighted by molar-refractivity contribution is 7.80. The van der Waals surface area contributed by atoms with Gasteiger partial charge in [-0.1, -0.05) is 17.7 Å². The first kappa shape index (κ1) is 20.5. The van der Waals surface area contributed by atoms with Crippen LogP contribution in [0.15, 0.2) is 85.3 Å². The summed E-state index contributed by atoms with van der Waals surface area (Å²) in [5.41, 5.74) is 2.90. The normalized spacial score (nSPS) is 17.9. The van der Waals surface area contributed by atoms with Gasteiger partial charge in [0.2, 0.25) is 0 Å². The lowest BCUT2D eigenvalue weighted by molar-refractivity contribution is 0.415. The Labute approximate surface area is 196 Å². The lowest BCUT2D eigenvalue weighted by atomic mass is 10.0. The molecule has 0 unspecified atom stereocenters. The van der Waals surface area contributed by atoms with Crippen LogP contribution in [0.1, 0.15) is 23.5 Å². The Morgan fingerprint density at radius 3 is 2.53 bits per heavy atom. The molecule has 4 heterocycles. The van der Waals surface area contributed by atoms with E-state index >= 15 is 0 Å². The fourth-order valence-corrected chi connectivity index (χ4v) is 4.49. The highest BCUT2D eigenvalue weighted by Gasteiger charge is 2.42. The zero-order chi connectivity index (χ0) is 22.1. The molecule has 1 aliphatic rings. The van der Waals surface area contributed by atoms with Gasteiger partial charge in [-0.05, 0) is 72.9 Å². The van der Waals surface area contributed by atoms with Gasteiger partial charge in [0, 0.05) is 30.0 Å². The van der Waals surface area contributed by atoms with Gasteiger partial charge in [0.25, 0.3) is 0 Å². The molecule has 160 valence electrons. The van der Waals surface area contributed by atoms with E-state index in [1.54, 1.807) is 19.5 Å². The van der Waals surface area contributed by atoms with Gasteiger partial charge in [-0.15, -0.1) is 0 Å². The number of nitrogens with one attached hydrogen (secondary N) is 1. The molecular formula is C24H20ClN5OS. The Morgan fingerprint density at radius 1 is 1.00 bits per heavy atom. The van der Waals surface area contributed by atoms with Crippen molar-refractivity contribution in [1.82, 2.24) is 19.9 Å². The molecule has 8 heteroatoms. The van der Waals surface area contributed by atoms with Crippen molar-refractivity contribution in [2.24, 2.45) is 0 Å². The van der Waals surface area contributed by atoms with Crippen molar-refractivity contribution >= 4 is 34.6 Å². The van der Waals surface area contributed by atoms with Crippen LogP contribution < -0.4 is 15.0 Å². The summed E-state index contributed by atoms with van der Waals surface area (Å²) in [6, 6.07) is 21.3. The van der Waals surface area contributed by atoms with Crippen molar-refractivity contribution in [3.8, 4) is 11.6 Å². The quantitative estimate of drug-likeness (QED) is 0.417. The highest BCUT2D eigenvalue weighted by atomic mass is 35.5. The number of anilines is 1. The van der Waals surface area contributed by atoms with E-state index < -0.39 is 0 Å². The number of rotatable bonds is 5. The Hall–Kier alpha value is -3.42. The van der Waals surface area contributed by atoms with E-state index in [9.17, 15) is 0 Å². The standard InChI is InChI=1S/C24H20ClN5OS/c1-31-18-10-8-17(9-11-18)30-23(22(28-24(30)32)19-5-2-3-13-26-19)20-6-4-14-29(20)21-12-7-16(25)15-27-21/h2-15,22-23H,1H3,(H,28,32)/t22-,23-/m0/s1. The summed E-state index contributed by atoms with van der Waals surface area (Å²) >= 11 is 11.9. The van der Waals surface area contributed by atoms with Crippen LogP contribution in [0.2, 0.25) is 5.02 Å². The molecule has 4 aromatic rings. The van der Waals surface area contributed by atoms with Gasteiger partial charge in [-0.2, -0.15) is 0 Å². The van der Waals surface area contributed by atoms with Gasteiger partial charge in [0.05, 0.1) is 23.9 Å². The predicted molar refractivity (Wildman–Crippen MR) is 129 cm³/mol. The maximum atomic E-state index is 6.06. The SMILES string of the molecule is COc1ccc(N2C(=S)N[C@@H](c3ccccn3)[C@@H]2c2cccn2-c2ccc(Cl)cn2)cc1. The molecule has 32 heavy (non-hydrogen) atoms. The second kappa shape index (κ2) is 8.61. The Morgan fingerprint density at radius 2 is 1.84 bits per heavy atom. The minimum absolute atomic E-state index is 0.147. The molecule has 0 radical (unpaired) electrons. The van der Waals surface area contributed by atoms with Gasteiger partial charge < -0.3 is 19.5 Å². The van der Waals surface area contributed by atoms with Gasteiger partial charge in [-0.25, -0.2) is 4.98 Å². The van der Waals surface area contributed by atoms with Crippen LogP contribution in [0, 0.1) is 0 Å². The minimum atomic E-state index is -0.154. The van der Waals surface area contributed by atoms with Crippen molar-refractivity contribution in [3.05, 3.63) is 102 Å². The number of benzene rings is 1. The second-order valence-electron chi connectivity index (χ2n) is 7.33. The summed E-state index contributed by atoms with van der Waals surface area (Å²) in [6.45, 7) is 0. The number of hydrogen-bond donors (Lipinski definition) is 1. The topological polar surface area (TPSA) is 55.2 Å². The summed E-state index contributed by atoms with van der Waals surface area (Å²) < 4.78 is 7.39. The molecular weight excluding hydrogens is 442 g/mol. The summed E-state index contributed by atoms with van der Waals surface area (Å²) in [4.78, 5) is 11.3. The Bertz CT molecular complexity index is 1230. The molecule has 1 aromatic carbocycles. The predicted octanol–water partition coefficient (Wildman–Crippen LogP) is 5.11. The lowest BCUT2D eigenvalue weighted by Gasteiger charge is -2.29. The Balaban J connectivity index is 1.64. The molecule has 0 amide bonds. The summed E-state index contributed by atoms with van der Waals surface area (Å²) in [7, 11) is 1.66. The van der Waals surface area contributed by atoms with Crippen LogP contribution in [0.3, 0.4) is 0 Å². The molecule has 1 saturated heterocycles. The molecule has 2 atom stereocenters. The molecule has 0 aliphatic carbocycles. The van der Waals surface area contributed by atoms with Crippen LogP contribution in [0.25, 0.3) is 5.82 Å². The molecule has 0 bridgehead atoms. The zero-order valence-corrected chi connectivity index (χ0v) is 18.8. The number of pyridine rings is 2. The first-order valence-electron chi connectivity index (χ1n) is 10.1. The molecule has 5 rings (SSSR count). The van der Waals surface area contributed by atoms with Crippen LogP contribution in [-0.4, -0.2) is 26.8 Å². The van der Waals surface area contributed by atoms with Crippen LogP contribution in [-0.2, 0) is 0 Å². The largest absolute Gasteiger partial charge is 0.497 e. The van der Waals surface area contributed by atoms with Crippen LogP contribution in [0.4, 0.5) is 5.69 Å². The van der Waals surface area contributed by atoms with E-state index in [1.807, 2.05) is 66.9 Å². The third-order valence-corrected chi connectivity index (χ3v) is 6.03. The summed E-state index contributed by atoms with van der Waals surface area (Å²) in [6.07, 6.45) is 5.44. The van der Waals surface area contributed by atoms with Crippen molar-refractivity contribution in [2.75, 3.05) is 12.0 Å². The number of aromatic nitrogens is 3. The van der Waals surface area contributed by atoms with E-state index in [2.05, 4.69) is 30.8 Å². The lowest BCUT2D eigenvalue weighted by Crippen LogP contribution is -2.30. The monoisotopic (exact) mass is 461 g/mol. The highest BCUT2D eigenvalue weighted by Crippen LogP contribution is 2.42. The molecule has 1 N–H and O–H groups in total. The smallest absolute Gasteiger partial charge is 0.174 e. The van der Waals surface area contributed by atoms with Crippen LogP contribution in [0.5, 0.6) is 5.75 Å². The second-order valence-corrected chi connectivity index (χ2v) is 8.16. The summed E-state index contributed by atoms with van der Waals surface area (Å²) in [5, 5.41) is 4.71. The maximum Gasteiger partial charge on any atom is 0.174 e. The maximum absolute atomic E-state index is 6.06. The van der Waals surface area contributed by atoms with Crippen LogP contribution >= 0.6 is 23.8 Å². The van der Waals surface area contributed by atoms with E-state index in [-0.39, 0.29) is 12.1 Å². The average Bonchev–Trinajstić information content (AvgIpc) is 3.44. The molecule has 6 nitrogen and oxygen atoms in total. The number of halogens is 1. The van der Waals surface area contributed by atoms with Gasteiger partial charge >= 0.3 is 0 Å². The van der Waals surface area contributed by atoms with Gasteiger partial charge in [-0.3, -0.25) is 4.98 Å². The van der Waals surface area contributed by atoms with Gasteiger partial charge in [0.15, 0.2) is 5.11 Å². The summed E-state index contributed by atoms with van der Waals surface area (Å²) in [5.74, 6) is 1.57. The number of thiocarbonyl (C=S) groups is 1. The fourth-order valence-electron chi connectivity index (χ4n) is 4.03. The average molecular weight is 462 g/mol. The third kappa shape index (κ3) is 3.70. The molecule has 1 aliphatic heterocycles. The molecule has 3 aromatic heterocycles. The molecule has 1 fully saturated rings. The number of methoxy groups -OCH3 is 1. The van der Waals surface area contributed by atoms with Crippen molar-refractivity contribution < 1.29 is 4.74 Å². The fraction of sp³-hybridized carbons (Fsp3) is 0.125. The van der Waals surface area contributed by atoms with E-state index in [0.717, 1.165) is 28.6 Å². The first-order chi connectivity index (χ1) is 15.7. The van der Waals surface area contributed by atoms with E-state index in [1.165, 1.54) is 0 Å². The zero-order valence-electron chi connectivity index (χ0n) is 17.2. The number of hydrogen-bond acceptors (Lipinski definition) is 4. The molecule has 0 saturated carbocycles. The first-order valence-corrected chi connectivity index (χ1v) is 10.9. The Kier molecular flexibility index (Phi) is 5.51. The number of nitrogens with zero attached hydrogens (tertiary/aromatic N) is 4. The number of ether oxygens (including phenoxy) is 1.